The summed E-state index contributed by atoms with van der Waals surface area (Å²) in [5, 5.41) is 0. The van der Waals surface area contributed by atoms with Gasteiger partial charge in [0.1, 0.15) is 0 Å². The third-order valence-corrected chi connectivity index (χ3v) is 3.53. The molecule has 1 saturated heterocycles. The van der Waals surface area contributed by atoms with Crippen molar-refractivity contribution in [2.75, 3.05) is 7.11 Å². The van der Waals surface area contributed by atoms with Crippen molar-refractivity contribution in [3.63, 3.8) is 0 Å². The standard InChI is InChI=1S/C17H21NO5/c1-11-9-14(10-12(2)22-11)15(17(20)21-3)18-23-16(19)13-7-5-4-6-8-13/h4-8,11-12,18H,9-10H2,1-3H3/t11-,12+. The van der Waals surface area contributed by atoms with Gasteiger partial charge < -0.3 is 14.3 Å². The van der Waals surface area contributed by atoms with Gasteiger partial charge in [-0.25, -0.2) is 15.1 Å². The first-order valence-electron chi connectivity index (χ1n) is 7.49. The number of benzene rings is 1. The molecule has 2 atom stereocenters. The van der Waals surface area contributed by atoms with Crippen LogP contribution in [0.5, 0.6) is 0 Å². The second kappa shape index (κ2) is 7.78. The van der Waals surface area contributed by atoms with Crippen LogP contribution in [0.1, 0.15) is 37.0 Å². The van der Waals surface area contributed by atoms with Gasteiger partial charge in [0.2, 0.25) is 0 Å². The molecule has 0 aromatic heterocycles. The molecule has 1 aromatic carbocycles. The Balaban J connectivity index is 2.13. The molecule has 1 fully saturated rings. The number of rotatable bonds is 4. The van der Waals surface area contributed by atoms with Crippen LogP contribution in [0.15, 0.2) is 41.6 Å². The topological polar surface area (TPSA) is 73.9 Å². The van der Waals surface area contributed by atoms with Gasteiger partial charge in [0.25, 0.3) is 0 Å². The van der Waals surface area contributed by atoms with Crippen LogP contribution in [-0.2, 0) is 19.1 Å². The number of esters is 1. The summed E-state index contributed by atoms with van der Waals surface area (Å²) < 4.78 is 10.4. The normalized spacial score (nSPS) is 22.9. The molecule has 0 spiro atoms. The smallest absolute Gasteiger partial charge is 0.362 e. The van der Waals surface area contributed by atoms with E-state index < -0.39 is 11.9 Å². The molecular weight excluding hydrogens is 298 g/mol. The van der Waals surface area contributed by atoms with E-state index in [1.54, 1.807) is 30.3 Å². The van der Waals surface area contributed by atoms with E-state index in [4.69, 9.17) is 14.3 Å². The molecule has 0 aliphatic carbocycles. The minimum Gasteiger partial charge on any atom is -0.464 e. The molecule has 1 N–H and O–H groups in total. The van der Waals surface area contributed by atoms with Gasteiger partial charge >= 0.3 is 11.9 Å². The Morgan fingerprint density at radius 1 is 1.13 bits per heavy atom. The first-order chi connectivity index (χ1) is 11.0. The van der Waals surface area contributed by atoms with Crippen molar-refractivity contribution in [1.29, 1.82) is 0 Å². The average Bonchev–Trinajstić information content (AvgIpc) is 2.54. The molecule has 6 heteroatoms. The third-order valence-electron chi connectivity index (χ3n) is 3.53. The molecular formula is C17H21NO5. The molecule has 23 heavy (non-hydrogen) atoms. The Bertz CT molecular complexity index is 584. The molecule has 2 rings (SSSR count). The molecule has 1 aromatic rings. The summed E-state index contributed by atoms with van der Waals surface area (Å²) in [6.07, 6.45) is 1.12. The summed E-state index contributed by atoms with van der Waals surface area (Å²) in [7, 11) is 1.29. The Kier molecular flexibility index (Phi) is 5.76. The average molecular weight is 319 g/mol. The molecule has 1 aliphatic rings. The lowest BCUT2D eigenvalue weighted by Gasteiger charge is -2.28. The van der Waals surface area contributed by atoms with Crippen molar-refractivity contribution < 1.29 is 23.9 Å². The van der Waals surface area contributed by atoms with Crippen LogP contribution in [0.2, 0.25) is 0 Å². The van der Waals surface area contributed by atoms with E-state index in [1.807, 2.05) is 13.8 Å². The lowest BCUT2D eigenvalue weighted by Crippen LogP contribution is -2.32. The van der Waals surface area contributed by atoms with Crippen LogP contribution < -0.4 is 5.48 Å². The lowest BCUT2D eigenvalue weighted by atomic mass is 9.97. The number of hydroxylamine groups is 1. The van der Waals surface area contributed by atoms with E-state index in [-0.39, 0.29) is 17.9 Å². The van der Waals surface area contributed by atoms with Gasteiger partial charge in [0.15, 0.2) is 5.70 Å². The second-order valence-corrected chi connectivity index (χ2v) is 5.49. The molecule has 124 valence electrons. The van der Waals surface area contributed by atoms with Crippen LogP contribution in [0.25, 0.3) is 0 Å². The van der Waals surface area contributed by atoms with Gasteiger partial charge in [-0.2, -0.15) is 0 Å². The van der Waals surface area contributed by atoms with Crippen molar-refractivity contribution in [3.8, 4) is 0 Å². The number of hydrogen-bond acceptors (Lipinski definition) is 6. The van der Waals surface area contributed by atoms with Gasteiger partial charge in [0, 0.05) is 0 Å². The van der Waals surface area contributed by atoms with Gasteiger partial charge in [-0.1, -0.05) is 18.2 Å². The number of hydrogen-bond donors (Lipinski definition) is 1. The summed E-state index contributed by atoms with van der Waals surface area (Å²) in [5.74, 6) is -1.14. The minimum atomic E-state index is -0.569. The first-order valence-corrected chi connectivity index (χ1v) is 7.49. The zero-order valence-corrected chi connectivity index (χ0v) is 13.5. The second-order valence-electron chi connectivity index (χ2n) is 5.49. The molecule has 0 radical (unpaired) electrons. The van der Waals surface area contributed by atoms with Crippen LogP contribution >= 0.6 is 0 Å². The van der Waals surface area contributed by atoms with Gasteiger partial charge in [-0.15, -0.1) is 0 Å². The quantitative estimate of drug-likeness (QED) is 0.522. The van der Waals surface area contributed by atoms with E-state index in [2.05, 4.69) is 5.48 Å². The molecule has 1 aliphatic heterocycles. The predicted octanol–water partition coefficient (Wildman–Crippen LogP) is 2.36. The van der Waals surface area contributed by atoms with Crippen LogP contribution in [0.4, 0.5) is 0 Å². The van der Waals surface area contributed by atoms with Crippen LogP contribution in [0.3, 0.4) is 0 Å². The van der Waals surface area contributed by atoms with Crippen LogP contribution in [0, 0.1) is 0 Å². The Morgan fingerprint density at radius 3 is 2.30 bits per heavy atom. The number of ether oxygens (including phenoxy) is 2. The zero-order chi connectivity index (χ0) is 16.8. The largest absolute Gasteiger partial charge is 0.464 e. The predicted molar refractivity (Wildman–Crippen MR) is 83.3 cm³/mol. The molecule has 0 amide bonds. The highest BCUT2D eigenvalue weighted by Gasteiger charge is 2.26. The highest BCUT2D eigenvalue weighted by atomic mass is 16.7. The van der Waals surface area contributed by atoms with E-state index >= 15 is 0 Å². The number of carbonyl (C=O) groups excluding carboxylic acids is 2. The lowest BCUT2D eigenvalue weighted by molar-refractivity contribution is -0.137. The summed E-state index contributed by atoms with van der Waals surface area (Å²) in [4.78, 5) is 29.0. The maximum atomic E-state index is 12.0. The maximum Gasteiger partial charge on any atom is 0.362 e. The number of nitrogens with one attached hydrogen (secondary N) is 1. The van der Waals surface area contributed by atoms with Crippen molar-refractivity contribution >= 4 is 11.9 Å². The van der Waals surface area contributed by atoms with Crippen molar-refractivity contribution in [3.05, 3.63) is 47.2 Å². The zero-order valence-electron chi connectivity index (χ0n) is 13.5. The monoisotopic (exact) mass is 319 g/mol. The summed E-state index contributed by atoms with van der Waals surface area (Å²) in [6, 6.07) is 8.54. The van der Waals surface area contributed by atoms with E-state index in [9.17, 15) is 9.59 Å². The van der Waals surface area contributed by atoms with Crippen molar-refractivity contribution in [2.45, 2.75) is 38.9 Å². The highest BCUT2D eigenvalue weighted by Crippen LogP contribution is 2.26. The molecule has 0 bridgehead atoms. The fraction of sp³-hybridized carbons (Fsp3) is 0.412. The van der Waals surface area contributed by atoms with Crippen LogP contribution in [-0.4, -0.2) is 31.3 Å². The van der Waals surface area contributed by atoms with E-state index in [0.29, 0.717) is 18.4 Å². The van der Waals surface area contributed by atoms with Gasteiger partial charge in [0.05, 0.1) is 24.9 Å². The molecule has 0 unspecified atom stereocenters. The third kappa shape index (κ3) is 4.56. The number of carbonyl (C=O) groups is 2. The first kappa shape index (κ1) is 17.0. The van der Waals surface area contributed by atoms with E-state index in [1.165, 1.54) is 7.11 Å². The highest BCUT2D eigenvalue weighted by molar-refractivity contribution is 5.91. The SMILES string of the molecule is COC(=O)C(NOC(=O)c1ccccc1)=C1C[C@@H](C)O[C@@H](C)C1. The Morgan fingerprint density at radius 2 is 1.74 bits per heavy atom. The van der Waals surface area contributed by atoms with E-state index in [0.717, 1.165) is 5.57 Å². The summed E-state index contributed by atoms with van der Waals surface area (Å²) in [6.45, 7) is 3.86. The minimum absolute atomic E-state index is 0.0139. The summed E-state index contributed by atoms with van der Waals surface area (Å²) >= 11 is 0. The molecule has 0 saturated carbocycles. The van der Waals surface area contributed by atoms with Crippen molar-refractivity contribution in [2.24, 2.45) is 0 Å². The summed E-state index contributed by atoms with van der Waals surface area (Å²) in [5.41, 5.74) is 3.86. The fourth-order valence-electron chi connectivity index (χ4n) is 2.57. The van der Waals surface area contributed by atoms with Gasteiger partial charge in [-0.05, 0) is 44.4 Å². The molecule has 6 nitrogen and oxygen atoms in total. The number of methoxy groups -OCH3 is 1. The van der Waals surface area contributed by atoms with Crippen molar-refractivity contribution in [1.82, 2.24) is 5.48 Å². The Hall–Kier alpha value is -2.34. The Labute approximate surface area is 135 Å². The van der Waals surface area contributed by atoms with Gasteiger partial charge in [-0.3, -0.25) is 0 Å². The maximum absolute atomic E-state index is 12.0. The fourth-order valence-corrected chi connectivity index (χ4v) is 2.57. The molecule has 1 heterocycles.